The van der Waals surface area contributed by atoms with Crippen molar-refractivity contribution in [1.29, 1.82) is 0 Å². The van der Waals surface area contributed by atoms with Gasteiger partial charge in [0.2, 0.25) is 0 Å². The Morgan fingerprint density at radius 1 is 1.26 bits per heavy atom. The molecule has 0 radical (unpaired) electrons. The Balaban J connectivity index is 1.66. The highest BCUT2D eigenvalue weighted by Crippen LogP contribution is 2.24. The monoisotopic (exact) mass is 330 g/mol. The first-order chi connectivity index (χ1) is 11.1. The predicted octanol–water partition coefficient (Wildman–Crippen LogP) is 2.18. The maximum Gasteiger partial charge on any atom is 0.273 e. The van der Waals surface area contributed by atoms with Crippen molar-refractivity contribution in [2.24, 2.45) is 5.73 Å². The van der Waals surface area contributed by atoms with Crippen molar-refractivity contribution in [3.63, 3.8) is 0 Å². The van der Waals surface area contributed by atoms with Crippen LogP contribution in [0.2, 0.25) is 0 Å². The maximum absolute atomic E-state index is 12.5. The molecule has 1 aromatic heterocycles. The highest BCUT2D eigenvalue weighted by molar-refractivity contribution is 7.09. The van der Waals surface area contributed by atoms with Crippen LogP contribution in [0.4, 0.5) is 5.69 Å². The third-order valence-corrected chi connectivity index (χ3v) is 5.30. The summed E-state index contributed by atoms with van der Waals surface area (Å²) in [4.78, 5) is 21.0. The van der Waals surface area contributed by atoms with Gasteiger partial charge in [-0.15, -0.1) is 11.3 Å². The Hall–Kier alpha value is -1.92. The number of nitrogens with two attached hydrogens (primary N) is 1. The molecule has 0 saturated carbocycles. The average Bonchev–Trinajstić information content (AvgIpc) is 3.06. The maximum atomic E-state index is 12.5. The largest absolute Gasteiger partial charge is 0.368 e. The summed E-state index contributed by atoms with van der Waals surface area (Å²) in [6.07, 6.45) is 0. The second kappa shape index (κ2) is 6.68. The molecule has 0 atom stereocenters. The topological polar surface area (TPSA) is 62.5 Å². The van der Waals surface area contributed by atoms with Gasteiger partial charge in [-0.2, -0.15) is 0 Å². The van der Waals surface area contributed by atoms with Crippen molar-refractivity contribution in [2.45, 2.75) is 20.4 Å². The number of hydrogen-bond acceptors (Lipinski definition) is 5. The third-order valence-electron chi connectivity index (χ3n) is 4.43. The number of aromatic nitrogens is 1. The zero-order valence-electron chi connectivity index (χ0n) is 13.6. The van der Waals surface area contributed by atoms with Gasteiger partial charge in [-0.25, -0.2) is 4.98 Å². The first kappa shape index (κ1) is 16.0. The van der Waals surface area contributed by atoms with Gasteiger partial charge in [0, 0.05) is 43.8 Å². The Labute approximate surface area is 140 Å². The number of rotatable bonds is 3. The average molecular weight is 330 g/mol. The van der Waals surface area contributed by atoms with E-state index in [0.717, 1.165) is 31.2 Å². The molecule has 0 unspecified atom stereocenters. The fourth-order valence-electron chi connectivity index (χ4n) is 2.89. The van der Waals surface area contributed by atoms with E-state index in [1.165, 1.54) is 28.2 Å². The standard InChI is InChI=1S/C17H22N4OS/c1-12-4-3-5-15(13(12)2)20-6-8-21(9-7-20)17(22)14-11-23-16(10-18)19-14/h3-5,11H,6-10,18H2,1-2H3. The second-order valence-electron chi connectivity index (χ2n) is 5.83. The molecule has 1 amide bonds. The van der Waals surface area contributed by atoms with E-state index in [-0.39, 0.29) is 5.91 Å². The van der Waals surface area contributed by atoms with Gasteiger partial charge in [-0.1, -0.05) is 12.1 Å². The van der Waals surface area contributed by atoms with Gasteiger partial charge in [-0.05, 0) is 31.0 Å². The van der Waals surface area contributed by atoms with Gasteiger partial charge in [0.15, 0.2) is 0 Å². The number of amides is 1. The number of anilines is 1. The molecule has 5 nitrogen and oxygen atoms in total. The van der Waals surface area contributed by atoms with Gasteiger partial charge in [-0.3, -0.25) is 4.79 Å². The molecule has 2 aromatic rings. The lowest BCUT2D eigenvalue weighted by Gasteiger charge is -2.36. The van der Waals surface area contributed by atoms with Gasteiger partial charge < -0.3 is 15.5 Å². The number of hydrogen-bond donors (Lipinski definition) is 1. The minimum Gasteiger partial charge on any atom is -0.368 e. The number of benzene rings is 1. The molecule has 1 saturated heterocycles. The Morgan fingerprint density at radius 3 is 2.65 bits per heavy atom. The van der Waals surface area contributed by atoms with Gasteiger partial charge >= 0.3 is 0 Å². The SMILES string of the molecule is Cc1cccc(N2CCN(C(=O)c3csc(CN)n3)CC2)c1C. The fraction of sp³-hybridized carbons (Fsp3) is 0.412. The molecule has 0 aliphatic carbocycles. The fourth-order valence-corrected chi connectivity index (χ4v) is 3.54. The molecule has 0 spiro atoms. The number of carbonyl (C=O) groups is 1. The van der Waals surface area contributed by atoms with E-state index in [9.17, 15) is 4.79 Å². The third kappa shape index (κ3) is 3.23. The number of aryl methyl sites for hydroxylation is 1. The molecule has 2 heterocycles. The summed E-state index contributed by atoms with van der Waals surface area (Å²) in [7, 11) is 0. The summed E-state index contributed by atoms with van der Waals surface area (Å²) in [5, 5.41) is 2.61. The van der Waals surface area contributed by atoms with E-state index in [4.69, 9.17) is 5.73 Å². The molecule has 3 rings (SSSR count). The van der Waals surface area contributed by atoms with E-state index in [1.54, 1.807) is 0 Å². The van der Waals surface area contributed by atoms with Crippen molar-refractivity contribution in [1.82, 2.24) is 9.88 Å². The highest BCUT2D eigenvalue weighted by Gasteiger charge is 2.24. The zero-order valence-corrected chi connectivity index (χ0v) is 14.4. The molecule has 1 aliphatic rings. The number of thiazole rings is 1. The van der Waals surface area contributed by atoms with Crippen LogP contribution in [0.25, 0.3) is 0 Å². The lowest BCUT2D eigenvalue weighted by molar-refractivity contribution is 0.0741. The van der Waals surface area contributed by atoms with Crippen molar-refractivity contribution < 1.29 is 4.79 Å². The lowest BCUT2D eigenvalue weighted by Crippen LogP contribution is -2.49. The molecule has 1 aromatic carbocycles. The first-order valence-electron chi connectivity index (χ1n) is 7.85. The van der Waals surface area contributed by atoms with E-state index in [2.05, 4.69) is 41.9 Å². The van der Waals surface area contributed by atoms with Crippen molar-refractivity contribution in [2.75, 3.05) is 31.1 Å². The normalized spacial score (nSPS) is 15.1. The molecular weight excluding hydrogens is 308 g/mol. The van der Waals surface area contributed by atoms with Crippen LogP contribution in [0.3, 0.4) is 0 Å². The van der Waals surface area contributed by atoms with Crippen molar-refractivity contribution in [3.05, 3.63) is 45.4 Å². The Morgan fingerprint density at radius 2 is 2.00 bits per heavy atom. The minimum absolute atomic E-state index is 0.0153. The van der Waals surface area contributed by atoms with Crippen LogP contribution >= 0.6 is 11.3 Å². The van der Waals surface area contributed by atoms with E-state index < -0.39 is 0 Å². The summed E-state index contributed by atoms with van der Waals surface area (Å²) in [6, 6.07) is 6.39. The molecule has 1 fully saturated rings. The van der Waals surface area contributed by atoms with Crippen LogP contribution in [0.15, 0.2) is 23.6 Å². The van der Waals surface area contributed by atoms with Crippen LogP contribution in [0.5, 0.6) is 0 Å². The summed E-state index contributed by atoms with van der Waals surface area (Å²) >= 11 is 1.45. The number of piperazine rings is 1. The molecule has 23 heavy (non-hydrogen) atoms. The summed E-state index contributed by atoms with van der Waals surface area (Å²) in [5.74, 6) is 0.0153. The van der Waals surface area contributed by atoms with E-state index in [0.29, 0.717) is 12.2 Å². The predicted molar refractivity (Wildman–Crippen MR) is 94.0 cm³/mol. The number of nitrogens with zero attached hydrogens (tertiary/aromatic N) is 3. The summed E-state index contributed by atoms with van der Waals surface area (Å²) in [6.45, 7) is 7.83. The molecule has 1 aliphatic heterocycles. The summed E-state index contributed by atoms with van der Waals surface area (Å²) in [5.41, 5.74) is 9.99. The van der Waals surface area contributed by atoms with Crippen LogP contribution < -0.4 is 10.6 Å². The minimum atomic E-state index is 0.0153. The van der Waals surface area contributed by atoms with Crippen LogP contribution in [-0.4, -0.2) is 42.0 Å². The Kier molecular flexibility index (Phi) is 4.63. The van der Waals surface area contributed by atoms with E-state index >= 15 is 0 Å². The van der Waals surface area contributed by atoms with Crippen LogP contribution in [-0.2, 0) is 6.54 Å². The van der Waals surface area contributed by atoms with Crippen LogP contribution in [0, 0.1) is 13.8 Å². The van der Waals surface area contributed by atoms with Crippen LogP contribution in [0.1, 0.15) is 26.6 Å². The quantitative estimate of drug-likeness (QED) is 0.937. The second-order valence-corrected chi connectivity index (χ2v) is 6.77. The van der Waals surface area contributed by atoms with E-state index in [1.807, 2.05) is 10.3 Å². The smallest absolute Gasteiger partial charge is 0.273 e. The molecular formula is C17H22N4OS. The molecule has 2 N–H and O–H groups in total. The summed E-state index contributed by atoms with van der Waals surface area (Å²) < 4.78 is 0. The van der Waals surface area contributed by atoms with Gasteiger partial charge in [0.25, 0.3) is 5.91 Å². The first-order valence-corrected chi connectivity index (χ1v) is 8.73. The van der Waals surface area contributed by atoms with Gasteiger partial charge in [0.05, 0.1) is 0 Å². The van der Waals surface area contributed by atoms with Crippen molar-refractivity contribution >= 4 is 22.9 Å². The zero-order chi connectivity index (χ0) is 16.4. The van der Waals surface area contributed by atoms with Gasteiger partial charge in [0.1, 0.15) is 10.7 Å². The molecule has 6 heteroatoms. The lowest BCUT2D eigenvalue weighted by atomic mass is 10.1. The molecule has 122 valence electrons. The highest BCUT2D eigenvalue weighted by atomic mass is 32.1. The number of carbonyl (C=O) groups excluding carboxylic acids is 1. The van der Waals surface area contributed by atoms with Crippen molar-refractivity contribution in [3.8, 4) is 0 Å². The Bertz CT molecular complexity index is 704. The molecule has 0 bridgehead atoms.